The molecule has 1 aromatic carbocycles. The summed E-state index contributed by atoms with van der Waals surface area (Å²) in [6.07, 6.45) is 3.62. The number of aromatic nitrogens is 1. The molecule has 98 valence electrons. The van der Waals surface area contributed by atoms with Crippen molar-refractivity contribution in [1.82, 2.24) is 4.98 Å². The fourth-order valence-corrected chi connectivity index (χ4v) is 2.84. The van der Waals surface area contributed by atoms with Gasteiger partial charge in [-0.3, -0.25) is 4.98 Å². The van der Waals surface area contributed by atoms with Gasteiger partial charge in [0.05, 0.1) is 0 Å². The Labute approximate surface area is 126 Å². The number of pyridine rings is 1. The number of rotatable bonds is 4. The number of nitrogens with two attached hydrogens (primary N) is 1. The highest BCUT2D eigenvalue weighted by molar-refractivity contribution is 9.10. The molecule has 0 aliphatic carbocycles. The van der Waals surface area contributed by atoms with Crippen LogP contribution in [0.15, 0.2) is 47.2 Å². The lowest BCUT2D eigenvalue weighted by Crippen LogP contribution is -2.22. The minimum Gasteiger partial charge on any atom is -0.389 e. The lowest BCUT2D eigenvalue weighted by molar-refractivity contribution is 0.913. The maximum Gasteiger partial charge on any atom is 0.107 e. The van der Waals surface area contributed by atoms with E-state index in [1.165, 1.54) is 0 Å². The van der Waals surface area contributed by atoms with Crippen LogP contribution in [0.3, 0.4) is 0 Å². The van der Waals surface area contributed by atoms with E-state index in [1.807, 2.05) is 43.6 Å². The first-order valence-electron chi connectivity index (χ1n) is 5.78. The van der Waals surface area contributed by atoms with E-state index in [9.17, 15) is 0 Å². The van der Waals surface area contributed by atoms with Crippen LogP contribution in [-0.2, 0) is 6.54 Å². The van der Waals surface area contributed by atoms with Gasteiger partial charge in [0.25, 0.3) is 0 Å². The number of hydrogen-bond acceptors (Lipinski definition) is 3. The summed E-state index contributed by atoms with van der Waals surface area (Å²) in [5.41, 5.74) is 8.82. The molecule has 2 rings (SSSR count). The Balaban J connectivity index is 2.31. The van der Waals surface area contributed by atoms with E-state index < -0.39 is 0 Å². The zero-order valence-electron chi connectivity index (χ0n) is 10.5. The summed E-state index contributed by atoms with van der Waals surface area (Å²) in [4.78, 5) is 6.62. The number of halogens is 1. The smallest absolute Gasteiger partial charge is 0.107 e. The highest BCUT2D eigenvalue weighted by Gasteiger charge is 2.13. The minimum atomic E-state index is 0.389. The Hall–Kier alpha value is -1.46. The molecule has 0 saturated carbocycles. The lowest BCUT2D eigenvalue weighted by Gasteiger charge is -2.22. The molecule has 0 radical (unpaired) electrons. The van der Waals surface area contributed by atoms with Crippen molar-refractivity contribution in [1.29, 1.82) is 0 Å². The van der Waals surface area contributed by atoms with Gasteiger partial charge in [-0.1, -0.05) is 24.4 Å². The molecular weight excluding hydrogens is 322 g/mol. The van der Waals surface area contributed by atoms with Crippen LogP contribution in [0.5, 0.6) is 0 Å². The minimum absolute atomic E-state index is 0.389. The van der Waals surface area contributed by atoms with Gasteiger partial charge in [-0.25, -0.2) is 0 Å². The first kappa shape index (κ1) is 14.0. The SMILES string of the molecule is CN(Cc1cccnc1)c1cccc(Br)c1C(N)=S. The van der Waals surface area contributed by atoms with E-state index in [2.05, 4.69) is 25.8 Å². The van der Waals surface area contributed by atoms with Gasteiger partial charge in [0, 0.05) is 41.7 Å². The third-order valence-corrected chi connectivity index (χ3v) is 3.66. The number of hydrogen-bond donors (Lipinski definition) is 1. The van der Waals surface area contributed by atoms with Crippen LogP contribution in [0, 0.1) is 0 Å². The van der Waals surface area contributed by atoms with Gasteiger partial charge in [-0.2, -0.15) is 0 Å². The van der Waals surface area contributed by atoms with Crippen molar-refractivity contribution in [2.24, 2.45) is 5.73 Å². The summed E-state index contributed by atoms with van der Waals surface area (Å²) in [5.74, 6) is 0. The highest BCUT2D eigenvalue weighted by atomic mass is 79.9. The number of benzene rings is 1. The van der Waals surface area contributed by atoms with Gasteiger partial charge in [0.15, 0.2) is 0 Å². The average Bonchev–Trinajstić information content (AvgIpc) is 2.39. The second kappa shape index (κ2) is 6.12. The van der Waals surface area contributed by atoms with E-state index in [4.69, 9.17) is 18.0 Å². The van der Waals surface area contributed by atoms with Crippen molar-refractivity contribution in [2.45, 2.75) is 6.54 Å². The molecule has 0 atom stereocenters. The summed E-state index contributed by atoms with van der Waals surface area (Å²) in [6.45, 7) is 0.750. The average molecular weight is 336 g/mol. The monoisotopic (exact) mass is 335 g/mol. The van der Waals surface area contributed by atoms with Crippen molar-refractivity contribution in [3.05, 3.63) is 58.3 Å². The molecule has 19 heavy (non-hydrogen) atoms. The van der Waals surface area contributed by atoms with Crippen molar-refractivity contribution in [3.8, 4) is 0 Å². The molecule has 1 aromatic heterocycles. The Bertz CT molecular complexity index is 586. The van der Waals surface area contributed by atoms with Gasteiger partial charge >= 0.3 is 0 Å². The van der Waals surface area contributed by atoms with Crippen LogP contribution in [0.2, 0.25) is 0 Å². The third-order valence-electron chi connectivity index (χ3n) is 2.79. The number of nitrogens with zero attached hydrogens (tertiary/aromatic N) is 2. The molecule has 1 heterocycles. The molecule has 0 fully saturated rings. The van der Waals surface area contributed by atoms with E-state index >= 15 is 0 Å². The Morgan fingerprint density at radius 2 is 2.16 bits per heavy atom. The van der Waals surface area contributed by atoms with Gasteiger partial charge < -0.3 is 10.6 Å². The van der Waals surface area contributed by atoms with Crippen LogP contribution in [-0.4, -0.2) is 17.0 Å². The van der Waals surface area contributed by atoms with E-state index in [1.54, 1.807) is 6.20 Å². The molecule has 0 aliphatic heterocycles. The van der Waals surface area contributed by atoms with Crippen molar-refractivity contribution < 1.29 is 0 Å². The largest absolute Gasteiger partial charge is 0.389 e. The second-order valence-corrected chi connectivity index (χ2v) is 5.51. The normalized spacial score (nSPS) is 10.2. The van der Waals surface area contributed by atoms with Crippen LogP contribution < -0.4 is 10.6 Å². The highest BCUT2D eigenvalue weighted by Crippen LogP contribution is 2.28. The first-order valence-corrected chi connectivity index (χ1v) is 6.98. The standard InChI is InChI=1S/C14H14BrN3S/c1-18(9-10-4-3-7-17-8-10)12-6-2-5-11(15)13(12)14(16)19/h2-8H,9H2,1H3,(H2,16,19). The molecule has 0 bridgehead atoms. The maximum absolute atomic E-state index is 5.81. The van der Waals surface area contributed by atoms with Crippen LogP contribution in [0.1, 0.15) is 11.1 Å². The molecule has 0 amide bonds. The van der Waals surface area contributed by atoms with Gasteiger partial charge in [-0.05, 0) is 39.7 Å². The van der Waals surface area contributed by atoms with Crippen molar-refractivity contribution >= 4 is 38.8 Å². The second-order valence-electron chi connectivity index (χ2n) is 4.22. The topological polar surface area (TPSA) is 42.2 Å². The Morgan fingerprint density at radius 3 is 2.79 bits per heavy atom. The molecule has 5 heteroatoms. The van der Waals surface area contributed by atoms with E-state index in [0.717, 1.165) is 27.8 Å². The number of anilines is 1. The molecule has 3 nitrogen and oxygen atoms in total. The van der Waals surface area contributed by atoms with Crippen molar-refractivity contribution in [3.63, 3.8) is 0 Å². The molecular formula is C14H14BrN3S. The Kier molecular flexibility index (Phi) is 4.50. The molecule has 0 spiro atoms. The summed E-state index contributed by atoms with van der Waals surface area (Å²) in [6, 6.07) is 9.90. The molecule has 0 aliphatic rings. The summed E-state index contributed by atoms with van der Waals surface area (Å²) in [7, 11) is 2.01. The Morgan fingerprint density at radius 1 is 1.37 bits per heavy atom. The zero-order chi connectivity index (χ0) is 13.8. The predicted octanol–water partition coefficient (Wildman–Crippen LogP) is 3.11. The maximum atomic E-state index is 5.81. The molecule has 2 aromatic rings. The number of thiocarbonyl (C=S) groups is 1. The summed E-state index contributed by atoms with van der Waals surface area (Å²) >= 11 is 8.62. The fraction of sp³-hybridized carbons (Fsp3) is 0.143. The van der Waals surface area contributed by atoms with Crippen LogP contribution in [0.25, 0.3) is 0 Å². The quantitative estimate of drug-likeness (QED) is 0.871. The third kappa shape index (κ3) is 3.30. The first-order chi connectivity index (χ1) is 9.09. The summed E-state index contributed by atoms with van der Waals surface area (Å²) < 4.78 is 0.913. The molecule has 0 unspecified atom stereocenters. The van der Waals surface area contributed by atoms with Gasteiger partial charge in [-0.15, -0.1) is 0 Å². The fourth-order valence-electron chi connectivity index (χ4n) is 1.93. The van der Waals surface area contributed by atoms with Crippen LogP contribution >= 0.6 is 28.1 Å². The molecule has 0 saturated heterocycles. The van der Waals surface area contributed by atoms with Crippen molar-refractivity contribution in [2.75, 3.05) is 11.9 Å². The zero-order valence-corrected chi connectivity index (χ0v) is 12.9. The predicted molar refractivity (Wildman–Crippen MR) is 86.4 cm³/mol. The van der Waals surface area contributed by atoms with E-state index in [0.29, 0.717) is 4.99 Å². The van der Waals surface area contributed by atoms with Crippen LogP contribution in [0.4, 0.5) is 5.69 Å². The van der Waals surface area contributed by atoms with E-state index in [-0.39, 0.29) is 0 Å². The molecule has 2 N–H and O–H groups in total. The van der Waals surface area contributed by atoms with Gasteiger partial charge in [0.2, 0.25) is 0 Å². The summed E-state index contributed by atoms with van der Waals surface area (Å²) in [5, 5.41) is 0. The van der Waals surface area contributed by atoms with Gasteiger partial charge in [0.1, 0.15) is 4.99 Å². The lowest BCUT2D eigenvalue weighted by atomic mass is 10.1.